The second-order valence-corrected chi connectivity index (χ2v) is 6.98. The van der Waals surface area contributed by atoms with Crippen molar-refractivity contribution in [1.29, 1.82) is 0 Å². The molecule has 2 nitrogen and oxygen atoms in total. The second kappa shape index (κ2) is 6.34. The number of aliphatic hydroxyl groups excluding tert-OH is 2. The van der Waals surface area contributed by atoms with Crippen molar-refractivity contribution < 1.29 is 10.2 Å². The Morgan fingerprint density at radius 3 is 2.75 bits per heavy atom. The summed E-state index contributed by atoms with van der Waals surface area (Å²) in [6.07, 6.45) is 6.88. The third-order valence-electron chi connectivity index (χ3n) is 5.69. The lowest BCUT2D eigenvalue weighted by atomic mass is 9.75. The molecule has 2 saturated carbocycles. The lowest BCUT2D eigenvalue weighted by Gasteiger charge is -2.31. The molecule has 114 valence electrons. The summed E-state index contributed by atoms with van der Waals surface area (Å²) < 4.78 is 0. The predicted octanol–water partition coefficient (Wildman–Crippen LogP) is 4.46. The van der Waals surface area contributed by atoms with Crippen molar-refractivity contribution in [2.45, 2.75) is 59.0 Å². The van der Waals surface area contributed by atoms with Crippen LogP contribution in [0.25, 0.3) is 0 Å². The molecule has 0 heterocycles. The van der Waals surface area contributed by atoms with Crippen LogP contribution in [-0.4, -0.2) is 16.3 Å². The van der Waals surface area contributed by atoms with Gasteiger partial charge >= 0.3 is 0 Å². The van der Waals surface area contributed by atoms with Crippen LogP contribution in [0, 0.1) is 29.6 Å². The van der Waals surface area contributed by atoms with Gasteiger partial charge in [-0.2, -0.15) is 0 Å². The van der Waals surface area contributed by atoms with Crippen molar-refractivity contribution in [3.8, 4) is 0 Å². The van der Waals surface area contributed by atoms with Gasteiger partial charge in [-0.15, -0.1) is 0 Å². The first-order valence-corrected chi connectivity index (χ1v) is 8.17. The monoisotopic (exact) mass is 278 g/mol. The maximum absolute atomic E-state index is 10.5. The molecule has 0 aromatic heterocycles. The van der Waals surface area contributed by atoms with Gasteiger partial charge < -0.3 is 10.2 Å². The van der Waals surface area contributed by atoms with E-state index in [1.165, 1.54) is 5.57 Å². The average Bonchev–Trinajstić information content (AvgIpc) is 2.89. The van der Waals surface area contributed by atoms with Gasteiger partial charge in [0.1, 0.15) is 0 Å². The van der Waals surface area contributed by atoms with Crippen molar-refractivity contribution in [1.82, 2.24) is 0 Å². The van der Waals surface area contributed by atoms with E-state index in [4.69, 9.17) is 0 Å². The largest absolute Gasteiger partial charge is 0.512 e. The Bertz CT molecular complexity index is 385. The van der Waals surface area contributed by atoms with Crippen LogP contribution in [0.5, 0.6) is 0 Å². The molecule has 2 aliphatic rings. The molecule has 2 aliphatic carbocycles. The SMILES string of the molecule is C=C1C[C@H]2C[C@@H](O)[C@H]([C@@H](CC)C[C@H](C)/C(O)=C\C)[C@@H]2C1. The summed E-state index contributed by atoms with van der Waals surface area (Å²) in [7, 11) is 0. The zero-order valence-corrected chi connectivity index (χ0v) is 13.2. The number of aliphatic hydroxyl groups is 2. The number of hydrogen-bond acceptors (Lipinski definition) is 2. The quantitative estimate of drug-likeness (QED) is 0.575. The van der Waals surface area contributed by atoms with Crippen LogP contribution in [-0.2, 0) is 0 Å². The van der Waals surface area contributed by atoms with Gasteiger partial charge in [0, 0.05) is 5.92 Å². The molecule has 0 aromatic carbocycles. The smallest absolute Gasteiger partial charge is 0.0908 e. The molecule has 6 atom stereocenters. The van der Waals surface area contributed by atoms with Crippen molar-refractivity contribution in [2.75, 3.05) is 0 Å². The van der Waals surface area contributed by atoms with E-state index in [0.717, 1.165) is 32.1 Å². The van der Waals surface area contributed by atoms with Gasteiger partial charge in [-0.05, 0) is 62.4 Å². The Kier molecular flexibility index (Phi) is 4.95. The lowest BCUT2D eigenvalue weighted by Crippen LogP contribution is -2.29. The van der Waals surface area contributed by atoms with Crippen LogP contribution in [0.1, 0.15) is 52.9 Å². The molecule has 2 N–H and O–H groups in total. The van der Waals surface area contributed by atoms with E-state index in [1.54, 1.807) is 6.08 Å². The third-order valence-corrected chi connectivity index (χ3v) is 5.69. The van der Waals surface area contributed by atoms with Crippen molar-refractivity contribution in [3.63, 3.8) is 0 Å². The van der Waals surface area contributed by atoms with Gasteiger partial charge in [-0.1, -0.05) is 32.4 Å². The summed E-state index contributed by atoms with van der Waals surface area (Å²) in [6, 6.07) is 0. The Labute approximate surface area is 123 Å². The van der Waals surface area contributed by atoms with Crippen molar-refractivity contribution >= 4 is 0 Å². The third kappa shape index (κ3) is 2.95. The molecule has 0 aliphatic heterocycles. The highest BCUT2D eigenvalue weighted by Gasteiger charge is 2.48. The highest BCUT2D eigenvalue weighted by Crippen LogP contribution is 2.53. The lowest BCUT2D eigenvalue weighted by molar-refractivity contribution is 0.0664. The first-order chi connectivity index (χ1) is 9.47. The summed E-state index contributed by atoms with van der Waals surface area (Å²) in [5.74, 6) is 2.87. The molecule has 20 heavy (non-hydrogen) atoms. The highest BCUT2D eigenvalue weighted by molar-refractivity contribution is 5.12. The molecule has 2 fully saturated rings. The van der Waals surface area contributed by atoms with Crippen LogP contribution in [0.2, 0.25) is 0 Å². The van der Waals surface area contributed by atoms with E-state index in [1.807, 2.05) is 6.92 Å². The van der Waals surface area contributed by atoms with E-state index in [2.05, 4.69) is 20.4 Å². The Morgan fingerprint density at radius 2 is 2.15 bits per heavy atom. The van der Waals surface area contributed by atoms with Crippen LogP contribution < -0.4 is 0 Å². The van der Waals surface area contributed by atoms with E-state index in [0.29, 0.717) is 29.4 Å². The summed E-state index contributed by atoms with van der Waals surface area (Å²) in [5.41, 5.74) is 1.37. The predicted molar refractivity (Wildman–Crippen MR) is 83.4 cm³/mol. The van der Waals surface area contributed by atoms with Gasteiger partial charge in [0.25, 0.3) is 0 Å². The normalized spacial score (nSPS) is 37.0. The van der Waals surface area contributed by atoms with Crippen LogP contribution in [0.3, 0.4) is 0 Å². The van der Waals surface area contributed by atoms with E-state index in [9.17, 15) is 10.2 Å². The second-order valence-electron chi connectivity index (χ2n) is 6.98. The number of allylic oxidation sites excluding steroid dienone is 3. The number of fused-ring (bicyclic) bond motifs is 1. The summed E-state index contributed by atoms with van der Waals surface area (Å²) in [5, 5.41) is 20.4. The molecule has 0 amide bonds. The molecule has 0 aromatic rings. The minimum Gasteiger partial charge on any atom is -0.512 e. The van der Waals surface area contributed by atoms with E-state index >= 15 is 0 Å². The molecule has 0 unspecified atom stereocenters. The standard InChI is InChI=1S/C18H30O2/c1-5-13(9-12(4)16(19)6-2)18-15-8-11(3)7-14(15)10-17(18)20/h6,12-15,17-20H,3,5,7-10H2,1-2,4H3/b16-6+/t12-,13-,14-,15+,17+,18+/m0/s1. The molecular formula is C18H30O2. The zero-order valence-electron chi connectivity index (χ0n) is 13.2. The molecular weight excluding hydrogens is 248 g/mol. The topological polar surface area (TPSA) is 40.5 Å². The Hall–Kier alpha value is -0.760. The maximum atomic E-state index is 10.5. The molecule has 0 saturated heterocycles. The Morgan fingerprint density at radius 1 is 1.45 bits per heavy atom. The van der Waals surface area contributed by atoms with Gasteiger partial charge in [0.05, 0.1) is 11.9 Å². The number of rotatable bonds is 5. The maximum Gasteiger partial charge on any atom is 0.0908 e. The van der Waals surface area contributed by atoms with Gasteiger partial charge in [-0.3, -0.25) is 0 Å². The number of hydrogen-bond donors (Lipinski definition) is 2. The minimum atomic E-state index is -0.150. The zero-order chi connectivity index (χ0) is 14.9. The fraction of sp³-hybridized carbons (Fsp3) is 0.778. The summed E-state index contributed by atoms with van der Waals surface area (Å²) in [4.78, 5) is 0. The molecule has 0 spiro atoms. The fourth-order valence-electron chi connectivity index (χ4n) is 4.69. The Balaban J connectivity index is 2.08. The molecule has 0 radical (unpaired) electrons. The highest BCUT2D eigenvalue weighted by atomic mass is 16.3. The van der Waals surface area contributed by atoms with Gasteiger partial charge in [0.15, 0.2) is 0 Å². The van der Waals surface area contributed by atoms with E-state index in [-0.39, 0.29) is 12.0 Å². The van der Waals surface area contributed by atoms with Crippen LogP contribution in [0.4, 0.5) is 0 Å². The fourth-order valence-corrected chi connectivity index (χ4v) is 4.69. The molecule has 2 heteroatoms. The summed E-state index contributed by atoms with van der Waals surface area (Å²) in [6.45, 7) is 10.3. The van der Waals surface area contributed by atoms with Crippen LogP contribution >= 0.6 is 0 Å². The molecule has 0 bridgehead atoms. The van der Waals surface area contributed by atoms with E-state index < -0.39 is 0 Å². The first-order valence-electron chi connectivity index (χ1n) is 8.17. The van der Waals surface area contributed by atoms with Gasteiger partial charge in [-0.25, -0.2) is 0 Å². The van der Waals surface area contributed by atoms with Crippen LogP contribution in [0.15, 0.2) is 24.0 Å². The van der Waals surface area contributed by atoms with Crippen molar-refractivity contribution in [2.24, 2.45) is 29.6 Å². The minimum absolute atomic E-state index is 0.150. The summed E-state index contributed by atoms with van der Waals surface area (Å²) >= 11 is 0. The van der Waals surface area contributed by atoms with Crippen molar-refractivity contribution in [3.05, 3.63) is 24.0 Å². The van der Waals surface area contributed by atoms with Gasteiger partial charge in [0.2, 0.25) is 0 Å². The average molecular weight is 278 g/mol. The first kappa shape index (κ1) is 15.6. The molecule has 2 rings (SSSR count).